The summed E-state index contributed by atoms with van der Waals surface area (Å²) in [6.45, 7) is 6.01. The van der Waals surface area contributed by atoms with E-state index in [1.807, 2.05) is 30.3 Å². The Hall–Kier alpha value is -3.40. The topological polar surface area (TPSA) is 89.9 Å². The van der Waals surface area contributed by atoms with Crippen LogP contribution in [0.4, 0.5) is 5.69 Å². The number of amides is 1. The summed E-state index contributed by atoms with van der Waals surface area (Å²) in [5, 5.41) is 5.13. The molecule has 36 heavy (non-hydrogen) atoms. The van der Waals surface area contributed by atoms with E-state index in [1.54, 1.807) is 19.1 Å². The number of carbonyl (C=O) groups excluding carboxylic acids is 1. The van der Waals surface area contributed by atoms with Gasteiger partial charge in [-0.05, 0) is 61.9 Å². The van der Waals surface area contributed by atoms with Crippen molar-refractivity contribution in [3.63, 3.8) is 0 Å². The van der Waals surface area contributed by atoms with E-state index in [4.69, 9.17) is 9.47 Å². The van der Waals surface area contributed by atoms with Crippen LogP contribution in [-0.4, -0.2) is 56.1 Å². The third kappa shape index (κ3) is 4.57. The second-order valence-electron chi connectivity index (χ2n) is 8.77. The van der Waals surface area contributed by atoms with E-state index in [0.717, 1.165) is 28.4 Å². The lowest BCUT2D eigenvalue weighted by Gasteiger charge is -2.26. The van der Waals surface area contributed by atoms with Crippen LogP contribution in [0.25, 0.3) is 21.8 Å². The third-order valence-electron chi connectivity index (χ3n) is 6.49. The molecule has 0 atom stereocenters. The summed E-state index contributed by atoms with van der Waals surface area (Å²) in [6, 6.07) is 18.8. The molecular weight excluding hydrogens is 478 g/mol. The van der Waals surface area contributed by atoms with Crippen LogP contribution in [-0.2, 0) is 26.1 Å². The van der Waals surface area contributed by atoms with Crippen molar-refractivity contribution in [3.8, 4) is 5.75 Å². The summed E-state index contributed by atoms with van der Waals surface area (Å²) in [5.74, 6) is 0.172. The highest BCUT2D eigenvalue weighted by Gasteiger charge is 2.26. The summed E-state index contributed by atoms with van der Waals surface area (Å²) < 4.78 is 40.4. The van der Waals surface area contributed by atoms with Crippen LogP contribution in [0.1, 0.15) is 12.5 Å². The van der Waals surface area contributed by atoms with Crippen molar-refractivity contribution in [2.45, 2.75) is 25.3 Å². The molecule has 0 unspecified atom stereocenters. The minimum absolute atomic E-state index is 0.189. The maximum atomic E-state index is 12.9. The predicted octanol–water partition coefficient (Wildman–Crippen LogP) is 4.16. The largest absolute Gasteiger partial charge is 0.483 e. The van der Waals surface area contributed by atoms with E-state index >= 15 is 0 Å². The number of anilines is 1. The molecule has 4 aromatic rings. The molecule has 2 heterocycles. The number of hydrogen-bond acceptors (Lipinski definition) is 5. The molecular formula is C27H29N3O5S. The maximum absolute atomic E-state index is 12.9. The van der Waals surface area contributed by atoms with Gasteiger partial charge in [0.1, 0.15) is 5.75 Å². The van der Waals surface area contributed by atoms with E-state index in [1.165, 1.54) is 10.4 Å². The summed E-state index contributed by atoms with van der Waals surface area (Å²) >= 11 is 0. The number of nitrogens with one attached hydrogen (secondary N) is 1. The van der Waals surface area contributed by atoms with Gasteiger partial charge in [-0.3, -0.25) is 4.79 Å². The number of morpholine rings is 1. The third-order valence-corrected chi connectivity index (χ3v) is 8.38. The van der Waals surface area contributed by atoms with Crippen molar-refractivity contribution >= 4 is 43.4 Å². The van der Waals surface area contributed by atoms with E-state index in [-0.39, 0.29) is 17.4 Å². The number of rotatable bonds is 7. The number of sulfonamides is 1. The first-order valence-electron chi connectivity index (χ1n) is 12.0. The smallest absolute Gasteiger partial charge is 0.262 e. The molecule has 3 aromatic carbocycles. The predicted molar refractivity (Wildman–Crippen MR) is 140 cm³/mol. The first-order valence-corrected chi connectivity index (χ1v) is 13.4. The number of para-hydroxylation sites is 1. The lowest BCUT2D eigenvalue weighted by atomic mass is 10.1. The Morgan fingerprint density at radius 3 is 2.50 bits per heavy atom. The number of carbonyl (C=O) groups is 1. The Morgan fingerprint density at radius 1 is 1.00 bits per heavy atom. The van der Waals surface area contributed by atoms with Gasteiger partial charge >= 0.3 is 0 Å². The normalized spacial score (nSPS) is 14.8. The van der Waals surface area contributed by atoms with Gasteiger partial charge in [0.15, 0.2) is 6.61 Å². The summed E-state index contributed by atoms with van der Waals surface area (Å²) in [4.78, 5) is 12.8. The summed E-state index contributed by atoms with van der Waals surface area (Å²) in [6.07, 6.45) is 0. The van der Waals surface area contributed by atoms with E-state index < -0.39 is 10.0 Å². The fourth-order valence-electron chi connectivity index (χ4n) is 4.69. The molecule has 0 bridgehead atoms. The number of nitrogens with zero attached hydrogens (tertiary/aromatic N) is 2. The minimum atomic E-state index is -3.59. The van der Waals surface area contributed by atoms with Crippen LogP contribution >= 0.6 is 0 Å². The highest BCUT2D eigenvalue weighted by molar-refractivity contribution is 7.89. The fraction of sp³-hybridized carbons (Fsp3) is 0.296. The molecule has 9 heteroatoms. The van der Waals surface area contributed by atoms with E-state index in [9.17, 15) is 13.2 Å². The molecule has 1 aliphatic heterocycles. The molecule has 0 aliphatic carbocycles. The molecule has 5 rings (SSSR count). The monoisotopic (exact) mass is 507 g/mol. The van der Waals surface area contributed by atoms with Gasteiger partial charge in [0.25, 0.3) is 5.91 Å². The zero-order valence-electron chi connectivity index (χ0n) is 20.4. The Balaban J connectivity index is 1.27. The molecule has 1 aliphatic rings. The van der Waals surface area contributed by atoms with Gasteiger partial charge in [0.2, 0.25) is 10.0 Å². The van der Waals surface area contributed by atoms with Gasteiger partial charge in [-0.15, -0.1) is 0 Å². The molecule has 1 N–H and O–H groups in total. The maximum Gasteiger partial charge on any atom is 0.262 e. The summed E-state index contributed by atoms with van der Waals surface area (Å²) in [5.41, 5.74) is 3.62. The van der Waals surface area contributed by atoms with E-state index in [0.29, 0.717) is 43.3 Å². The van der Waals surface area contributed by atoms with Gasteiger partial charge in [0, 0.05) is 47.1 Å². The number of ether oxygens (including phenoxy) is 2. The second-order valence-corrected chi connectivity index (χ2v) is 10.7. The Kier molecular flexibility index (Phi) is 6.70. The van der Waals surface area contributed by atoms with Gasteiger partial charge in [-0.25, -0.2) is 8.42 Å². The van der Waals surface area contributed by atoms with Crippen LogP contribution in [0, 0.1) is 6.92 Å². The highest BCUT2D eigenvalue weighted by Crippen LogP contribution is 2.31. The molecule has 1 aromatic heterocycles. The van der Waals surface area contributed by atoms with Gasteiger partial charge < -0.3 is 19.4 Å². The van der Waals surface area contributed by atoms with Crippen LogP contribution in [0.5, 0.6) is 5.75 Å². The molecule has 1 fully saturated rings. The zero-order chi connectivity index (χ0) is 25.3. The standard InChI is InChI=1S/C27H29N3O5S/c1-3-30-24-7-5-4-6-22(24)23-17-20(8-10-25(23)30)28-27(31)18-35-26-11-9-21(16-19(26)2)36(32,33)29-12-14-34-15-13-29/h4-11,16-17H,3,12-15,18H2,1-2H3,(H,28,31). The first-order chi connectivity index (χ1) is 17.4. The van der Waals surface area contributed by atoms with E-state index in [2.05, 4.69) is 28.9 Å². The Bertz CT molecular complexity index is 1540. The second kappa shape index (κ2) is 9.93. The lowest BCUT2D eigenvalue weighted by molar-refractivity contribution is -0.118. The molecule has 0 radical (unpaired) electrons. The molecule has 1 saturated heterocycles. The molecule has 0 saturated carbocycles. The number of aromatic nitrogens is 1. The number of aryl methyl sites for hydroxylation is 2. The van der Waals surface area contributed by atoms with Crippen molar-refractivity contribution in [2.75, 3.05) is 38.2 Å². The van der Waals surface area contributed by atoms with Crippen molar-refractivity contribution in [2.24, 2.45) is 0 Å². The van der Waals surface area contributed by atoms with Crippen LogP contribution < -0.4 is 10.1 Å². The molecule has 188 valence electrons. The van der Waals surface area contributed by atoms with Crippen molar-refractivity contribution in [3.05, 3.63) is 66.2 Å². The average Bonchev–Trinajstić information content (AvgIpc) is 3.21. The quantitative estimate of drug-likeness (QED) is 0.406. The first kappa shape index (κ1) is 24.3. The van der Waals surface area contributed by atoms with Crippen LogP contribution in [0.2, 0.25) is 0 Å². The molecule has 0 spiro atoms. The zero-order valence-corrected chi connectivity index (χ0v) is 21.2. The van der Waals surface area contributed by atoms with Crippen LogP contribution in [0.3, 0.4) is 0 Å². The van der Waals surface area contributed by atoms with Gasteiger partial charge in [-0.2, -0.15) is 4.31 Å². The van der Waals surface area contributed by atoms with Crippen molar-refractivity contribution < 1.29 is 22.7 Å². The Labute approximate surface area is 210 Å². The van der Waals surface area contributed by atoms with Crippen molar-refractivity contribution in [1.29, 1.82) is 0 Å². The highest BCUT2D eigenvalue weighted by atomic mass is 32.2. The number of fused-ring (bicyclic) bond motifs is 3. The fourth-order valence-corrected chi connectivity index (χ4v) is 6.19. The SMILES string of the molecule is CCn1c2ccccc2c2cc(NC(=O)COc3ccc(S(=O)(=O)N4CCOCC4)cc3C)ccc21. The molecule has 1 amide bonds. The number of benzene rings is 3. The minimum Gasteiger partial charge on any atom is -0.483 e. The lowest BCUT2D eigenvalue weighted by Crippen LogP contribution is -2.40. The van der Waals surface area contributed by atoms with Gasteiger partial charge in [-0.1, -0.05) is 18.2 Å². The Morgan fingerprint density at radius 2 is 1.75 bits per heavy atom. The number of hydrogen-bond donors (Lipinski definition) is 1. The molecule has 8 nitrogen and oxygen atoms in total. The summed E-state index contributed by atoms with van der Waals surface area (Å²) in [7, 11) is -3.59. The van der Waals surface area contributed by atoms with Gasteiger partial charge in [0.05, 0.1) is 18.1 Å². The average molecular weight is 508 g/mol. The van der Waals surface area contributed by atoms with Crippen molar-refractivity contribution in [1.82, 2.24) is 8.87 Å². The van der Waals surface area contributed by atoms with Crippen LogP contribution in [0.15, 0.2) is 65.6 Å².